The highest BCUT2D eigenvalue weighted by Crippen LogP contribution is 2.31. The second kappa shape index (κ2) is 6.77. The van der Waals surface area contributed by atoms with Crippen LogP contribution in [0.15, 0.2) is 0 Å². The summed E-state index contributed by atoms with van der Waals surface area (Å²) in [5.41, 5.74) is 4.02. The minimum atomic E-state index is -4.59. The van der Waals surface area contributed by atoms with E-state index in [0.717, 1.165) is 0 Å². The van der Waals surface area contributed by atoms with Gasteiger partial charge in [-0.25, -0.2) is 8.98 Å². The van der Waals surface area contributed by atoms with Crippen molar-refractivity contribution in [1.29, 1.82) is 0 Å². The number of rotatable bonds is 7. The first-order valence-corrected chi connectivity index (χ1v) is 8.88. The second-order valence-corrected chi connectivity index (χ2v) is 7.73. The summed E-state index contributed by atoms with van der Waals surface area (Å²) in [5.74, 6) is -1.32. The van der Waals surface area contributed by atoms with Crippen molar-refractivity contribution in [2.45, 2.75) is 38.8 Å². The first-order chi connectivity index (χ1) is 11.5. The van der Waals surface area contributed by atoms with Crippen LogP contribution in [0.25, 0.3) is 0 Å². The van der Waals surface area contributed by atoms with Gasteiger partial charge < -0.3 is 15.4 Å². The Morgan fingerprint density at radius 2 is 1.96 bits per heavy atom. The zero-order valence-corrected chi connectivity index (χ0v) is 14.9. The number of nitrogens with zero attached hydrogens (tertiary/aromatic N) is 2. The fourth-order valence-corrected chi connectivity index (χ4v) is 3.56. The number of amides is 3. The first-order valence-electron chi connectivity index (χ1n) is 7.55. The third-order valence-electron chi connectivity index (χ3n) is 4.12. The van der Waals surface area contributed by atoms with E-state index in [0.29, 0.717) is 17.9 Å². The van der Waals surface area contributed by atoms with E-state index in [4.69, 9.17) is 14.2 Å². The number of carbonyl (C=O) groups excluding carboxylic acids is 3. The summed E-state index contributed by atoms with van der Waals surface area (Å²) >= 11 is 0. The van der Waals surface area contributed by atoms with Crippen molar-refractivity contribution < 1.29 is 36.0 Å². The summed E-state index contributed by atoms with van der Waals surface area (Å²) in [6.07, 6.45) is 0.681. The Bertz CT molecular complexity index is 677. The molecule has 2 unspecified atom stereocenters. The molecule has 2 aliphatic heterocycles. The number of fused-ring (bicyclic) bond motifs is 2. The van der Waals surface area contributed by atoms with Gasteiger partial charge in [-0.2, -0.15) is 13.5 Å². The molecule has 12 heteroatoms. The Labute approximate surface area is 145 Å². The predicted octanol–water partition coefficient (Wildman–Crippen LogP) is -0.867. The topological polar surface area (TPSA) is 146 Å². The summed E-state index contributed by atoms with van der Waals surface area (Å²) in [4.78, 5) is 36.3. The molecular formula is C13H21N3O8S. The molecule has 0 aromatic carbocycles. The van der Waals surface area contributed by atoms with Crippen LogP contribution in [-0.2, 0) is 33.2 Å². The third-order valence-corrected chi connectivity index (χ3v) is 4.87. The number of nitrogens with two attached hydrogens (primary N) is 1. The Balaban J connectivity index is 2.03. The summed E-state index contributed by atoms with van der Waals surface area (Å²) in [5, 5.41) is 0.670. The number of hydroxylamine groups is 2. The van der Waals surface area contributed by atoms with E-state index in [-0.39, 0.29) is 6.54 Å². The maximum absolute atomic E-state index is 12.3. The van der Waals surface area contributed by atoms with Crippen LogP contribution >= 0.6 is 0 Å². The van der Waals surface area contributed by atoms with E-state index < -0.39 is 52.4 Å². The molecule has 2 aliphatic rings. The average molecular weight is 379 g/mol. The van der Waals surface area contributed by atoms with Gasteiger partial charge >= 0.3 is 22.4 Å². The lowest BCUT2D eigenvalue weighted by atomic mass is 9.95. The highest BCUT2D eigenvalue weighted by molar-refractivity contribution is 7.81. The van der Waals surface area contributed by atoms with Gasteiger partial charge in [0, 0.05) is 6.54 Å². The molecule has 0 aromatic heterocycles. The van der Waals surface area contributed by atoms with E-state index in [9.17, 15) is 22.8 Å². The van der Waals surface area contributed by atoms with Gasteiger partial charge in [-0.05, 0) is 26.7 Å². The van der Waals surface area contributed by atoms with Crippen LogP contribution in [0, 0.1) is 5.41 Å². The van der Waals surface area contributed by atoms with Crippen molar-refractivity contribution in [2.75, 3.05) is 20.3 Å². The fourth-order valence-electron chi connectivity index (χ4n) is 2.70. The Kier molecular flexibility index (Phi) is 5.25. The second-order valence-electron chi connectivity index (χ2n) is 6.53. The number of primary amides is 1. The normalized spacial score (nSPS) is 23.7. The molecular weight excluding hydrogens is 358 g/mol. The zero-order valence-electron chi connectivity index (χ0n) is 14.1. The fraction of sp³-hybridized carbons (Fsp3) is 0.769. The van der Waals surface area contributed by atoms with Gasteiger partial charge in [0.15, 0.2) is 0 Å². The Morgan fingerprint density at radius 1 is 1.32 bits per heavy atom. The van der Waals surface area contributed by atoms with Crippen molar-refractivity contribution in [2.24, 2.45) is 11.1 Å². The molecule has 2 heterocycles. The maximum Gasteiger partial charge on any atom is 0.421 e. The minimum Gasteiger partial charge on any atom is -0.469 e. The molecule has 11 nitrogen and oxygen atoms in total. The van der Waals surface area contributed by atoms with Gasteiger partial charge in [-0.1, -0.05) is 0 Å². The van der Waals surface area contributed by atoms with E-state index in [1.54, 1.807) is 0 Å². The lowest BCUT2D eigenvalue weighted by Crippen LogP contribution is -2.47. The van der Waals surface area contributed by atoms with E-state index in [1.807, 2.05) is 0 Å². The molecule has 0 aromatic rings. The largest absolute Gasteiger partial charge is 0.469 e. The number of hydrogen-bond donors (Lipinski definition) is 1. The summed E-state index contributed by atoms with van der Waals surface area (Å²) in [6.45, 7) is 2.48. The molecule has 142 valence electrons. The number of urea groups is 1. The van der Waals surface area contributed by atoms with Gasteiger partial charge in [0.1, 0.15) is 6.04 Å². The van der Waals surface area contributed by atoms with Gasteiger partial charge in [0.25, 0.3) is 0 Å². The molecule has 2 atom stereocenters. The molecule has 0 saturated carbocycles. The van der Waals surface area contributed by atoms with Crippen molar-refractivity contribution in [1.82, 2.24) is 9.96 Å². The molecule has 3 amide bonds. The van der Waals surface area contributed by atoms with E-state index in [1.165, 1.54) is 25.9 Å². The molecule has 0 radical (unpaired) electrons. The van der Waals surface area contributed by atoms with Crippen LogP contribution < -0.4 is 5.73 Å². The number of hydrogen-bond acceptors (Lipinski definition) is 8. The van der Waals surface area contributed by atoms with Crippen molar-refractivity contribution in [3.63, 3.8) is 0 Å². The van der Waals surface area contributed by atoms with E-state index >= 15 is 0 Å². The molecule has 25 heavy (non-hydrogen) atoms. The standard InChI is InChI=1S/C13H21N3O8S/c1-13(2,11(18)22-3)7-23-25(20,21)24-16-8-4-5-9(10(14)17)15(6-8)12(16)19/h8-9H,4-7H2,1-3H3,(H2,14,17). The van der Waals surface area contributed by atoms with Crippen LogP contribution in [0.4, 0.5) is 4.79 Å². The summed E-state index contributed by atoms with van der Waals surface area (Å²) < 4.78 is 38.0. The Morgan fingerprint density at radius 3 is 2.52 bits per heavy atom. The first kappa shape index (κ1) is 19.4. The van der Waals surface area contributed by atoms with Gasteiger partial charge in [-0.3, -0.25) is 9.59 Å². The highest BCUT2D eigenvalue weighted by Gasteiger charge is 2.49. The van der Waals surface area contributed by atoms with Crippen LogP contribution in [0.1, 0.15) is 26.7 Å². The molecule has 0 aliphatic carbocycles. The van der Waals surface area contributed by atoms with E-state index in [2.05, 4.69) is 4.74 Å². The average Bonchev–Trinajstić information content (AvgIpc) is 2.76. The molecule has 2 rings (SSSR count). The third kappa shape index (κ3) is 4.02. The number of ether oxygens (including phenoxy) is 1. The van der Waals surface area contributed by atoms with Gasteiger partial charge in [0.2, 0.25) is 5.91 Å². The zero-order chi connectivity index (χ0) is 19.0. The van der Waals surface area contributed by atoms with Gasteiger partial charge in [0.05, 0.1) is 25.2 Å². The minimum absolute atomic E-state index is 0.135. The molecule has 2 saturated heterocycles. The lowest BCUT2D eigenvalue weighted by Gasteiger charge is -2.27. The molecule has 2 fully saturated rings. The van der Waals surface area contributed by atoms with Crippen molar-refractivity contribution in [3.8, 4) is 0 Å². The van der Waals surface area contributed by atoms with Crippen LogP contribution in [0.5, 0.6) is 0 Å². The SMILES string of the molecule is COC(=O)C(C)(C)COS(=O)(=O)ON1C(=O)N2CC1CCC2C(N)=O. The highest BCUT2D eigenvalue weighted by atomic mass is 32.3. The van der Waals surface area contributed by atoms with Crippen LogP contribution in [0.3, 0.4) is 0 Å². The Hall–Kier alpha value is -1.92. The smallest absolute Gasteiger partial charge is 0.421 e. The molecule has 2 N–H and O–H groups in total. The summed E-state index contributed by atoms with van der Waals surface area (Å²) in [6, 6.07) is -2.10. The molecule has 2 bridgehead atoms. The predicted molar refractivity (Wildman–Crippen MR) is 81.7 cm³/mol. The summed E-state index contributed by atoms with van der Waals surface area (Å²) in [7, 11) is -3.43. The van der Waals surface area contributed by atoms with Crippen LogP contribution in [-0.4, -0.2) is 68.6 Å². The molecule has 0 spiro atoms. The number of carbonyl (C=O) groups is 3. The monoisotopic (exact) mass is 379 g/mol. The van der Waals surface area contributed by atoms with Crippen molar-refractivity contribution >= 4 is 28.3 Å². The maximum atomic E-state index is 12.3. The quantitative estimate of drug-likeness (QED) is 0.562. The van der Waals surface area contributed by atoms with Gasteiger partial charge in [-0.15, -0.1) is 4.28 Å². The number of piperidine rings is 1. The lowest BCUT2D eigenvalue weighted by molar-refractivity contribution is -0.152. The van der Waals surface area contributed by atoms with Crippen LogP contribution in [0.2, 0.25) is 0 Å². The van der Waals surface area contributed by atoms with Crippen molar-refractivity contribution in [3.05, 3.63) is 0 Å². The number of esters is 1. The number of methoxy groups -OCH3 is 1.